The summed E-state index contributed by atoms with van der Waals surface area (Å²) in [5, 5.41) is 9.91. The molecule has 1 heterocycles. The summed E-state index contributed by atoms with van der Waals surface area (Å²) in [6.45, 7) is 0. The number of fused-ring (bicyclic) bond motifs is 1. The molecule has 0 aromatic heterocycles. The van der Waals surface area contributed by atoms with Crippen molar-refractivity contribution < 1.29 is 19.5 Å². The molecule has 1 aliphatic rings. The van der Waals surface area contributed by atoms with Gasteiger partial charge in [0.25, 0.3) is 0 Å². The lowest BCUT2D eigenvalue weighted by atomic mass is 10.2. The molecule has 84 valence electrons. The summed E-state index contributed by atoms with van der Waals surface area (Å²) >= 11 is 1.06. The summed E-state index contributed by atoms with van der Waals surface area (Å²) in [6, 6.07) is 4.19. The summed E-state index contributed by atoms with van der Waals surface area (Å²) in [4.78, 5) is 20.5. The molecule has 3 N–H and O–H groups in total. The second kappa shape index (κ2) is 4.39. The fraction of sp³-hybridized carbons (Fsp3) is 0.125. The Balaban J connectivity index is 2.33. The highest BCUT2D eigenvalue weighted by Gasteiger charge is 2.24. The van der Waals surface area contributed by atoms with E-state index in [0.29, 0.717) is 21.2 Å². The lowest BCUT2D eigenvalue weighted by molar-refractivity contribution is 0.208. The largest absolute Gasteiger partial charge is 0.510 e. The number of hydrogen-bond donors (Lipinski definition) is 3. The molecule has 1 atom stereocenters. The average Bonchev–Trinajstić information content (AvgIpc) is 2.23. The van der Waals surface area contributed by atoms with Gasteiger partial charge in [0.15, 0.2) is 0 Å². The highest BCUT2D eigenvalue weighted by molar-refractivity contribution is 7.98. The maximum absolute atomic E-state index is 11.1. The lowest BCUT2D eigenvalue weighted by Gasteiger charge is -2.23. The molecule has 2 rings (SSSR count). The summed E-state index contributed by atoms with van der Waals surface area (Å²) in [5.41, 5.74) is 1.05. The van der Waals surface area contributed by atoms with Gasteiger partial charge in [-0.15, -0.1) is 0 Å². The molecule has 6 nitrogen and oxygen atoms in total. The predicted octanol–water partition coefficient (Wildman–Crippen LogP) is 1.85. The number of benzene rings is 1. The van der Waals surface area contributed by atoms with E-state index < -0.39 is 14.1 Å². The third-order valence-corrected chi connectivity index (χ3v) is 3.47. The van der Waals surface area contributed by atoms with E-state index in [0.717, 1.165) is 11.9 Å². The molecular formula is C8H8N2O4PS+. The van der Waals surface area contributed by atoms with Crippen LogP contribution in [0, 0.1) is 0 Å². The summed E-state index contributed by atoms with van der Waals surface area (Å²) < 4.78 is 13.1. The number of carbonyl (C=O) groups is 1. The van der Waals surface area contributed by atoms with E-state index in [2.05, 4.69) is 4.72 Å². The fourth-order valence-electron chi connectivity index (χ4n) is 1.32. The van der Waals surface area contributed by atoms with Gasteiger partial charge in [-0.2, -0.15) is 9.96 Å². The van der Waals surface area contributed by atoms with E-state index in [1.54, 1.807) is 12.1 Å². The van der Waals surface area contributed by atoms with Crippen LogP contribution in [0.2, 0.25) is 0 Å². The molecule has 0 fully saturated rings. The molecule has 1 aromatic carbocycles. The monoisotopic (exact) mass is 259 g/mol. The quantitative estimate of drug-likeness (QED) is 0.428. The first-order chi connectivity index (χ1) is 7.58. The maximum Gasteiger partial charge on any atom is 0.510 e. The second-order valence-corrected chi connectivity index (χ2v) is 5.00. The van der Waals surface area contributed by atoms with Crippen LogP contribution in [-0.4, -0.2) is 16.1 Å². The van der Waals surface area contributed by atoms with Gasteiger partial charge < -0.3 is 0 Å². The van der Waals surface area contributed by atoms with Crippen molar-refractivity contribution in [3.05, 3.63) is 23.8 Å². The molecule has 0 radical (unpaired) electrons. The van der Waals surface area contributed by atoms with Crippen LogP contribution in [0.4, 0.5) is 10.5 Å². The number of hydroxylamine groups is 1. The van der Waals surface area contributed by atoms with Gasteiger partial charge in [-0.05, 0) is 28.6 Å². The van der Waals surface area contributed by atoms with Crippen molar-refractivity contribution in [1.29, 1.82) is 0 Å². The van der Waals surface area contributed by atoms with Crippen LogP contribution in [0.25, 0.3) is 0 Å². The molecule has 1 aliphatic heterocycles. The van der Waals surface area contributed by atoms with E-state index in [1.807, 2.05) is 0 Å². The molecule has 0 saturated heterocycles. The van der Waals surface area contributed by atoms with Crippen LogP contribution in [0.1, 0.15) is 5.56 Å². The number of amides is 2. The number of carbonyl (C=O) groups excluding carboxylic acids is 1. The van der Waals surface area contributed by atoms with Gasteiger partial charge in [-0.3, -0.25) is 9.93 Å². The van der Waals surface area contributed by atoms with Crippen molar-refractivity contribution >= 4 is 31.7 Å². The fourth-order valence-corrected chi connectivity index (χ4v) is 2.58. The van der Waals surface area contributed by atoms with Gasteiger partial charge in [0.05, 0.1) is 10.6 Å². The zero-order chi connectivity index (χ0) is 11.7. The smallest absolute Gasteiger partial charge is 0.279 e. The predicted molar refractivity (Wildman–Crippen MR) is 58.6 cm³/mol. The van der Waals surface area contributed by atoms with Crippen molar-refractivity contribution in [2.75, 3.05) is 5.06 Å². The van der Waals surface area contributed by atoms with Crippen molar-refractivity contribution in [3.63, 3.8) is 0 Å². The number of urea groups is 1. The zero-order valence-electron chi connectivity index (χ0n) is 7.95. The van der Waals surface area contributed by atoms with E-state index in [9.17, 15) is 14.6 Å². The van der Waals surface area contributed by atoms with Gasteiger partial charge in [0.1, 0.15) is 0 Å². The molecule has 0 aliphatic carbocycles. The highest BCUT2D eigenvalue weighted by atomic mass is 32.2. The Morgan fingerprint density at radius 3 is 2.94 bits per heavy atom. The van der Waals surface area contributed by atoms with Gasteiger partial charge in [0, 0.05) is 5.56 Å². The normalized spacial score (nSPS) is 15.5. The average molecular weight is 259 g/mol. The van der Waals surface area contributed by atoms with E-state index in [1.165, 1.54) is 6.07 Å². The van der Waals surface area contributed by atoms with Crippen molar-refractivity contribution in [1.82, 2.24) is 4.72 Å². The zero-order valence-corrected chi connectivity index (χ0v) is 9.66. The minimum Gasteiger partial charge on any atom is -0.279 e. The summed E-state index contributed by atoms with van der Waals surface area (Å²) in [6.07, 6.45) is 0.0581. The first-order valence-electron chi connectivity index (χ1n) is 4.30. The van der Waals surface area contributed by atoms with Crippen LogP contribution in [0.5, 0.6) is 0 Å². The molecule has 0 bridgehead atoms. The summed E-state index contributed by atoms with van der Waals surface area (Å²) in [5.74, 6) is 0. The van der Waals surface area contributed by atoms with Crippen LogP contribution in [0.3, 0.4) is 0 Å². The second-order valence-electron chi connectivity index (χ2n) is 3.13. The van der Waals surface area contributed by atoms with Crippen molar-refractivity contribution in [2.24, 2.45) is 0 Å². The molecule has 1 aromatic rings. The van der Waals surface area contributed by atoms with E-state index in [4.69, 9.17) is 4.89 Å². The number of anilines is 1. The molecule has 0 spiro atoms. The van der Waals surface area contributed by atoms with Crippen molar-refractivity contribution in [2.45, 2.75) is 11.1 Å². The third-order valence-electron chi connectivity index (χ3n) is 2.01. The number of nitrogens with zero attached hydrogens (tertiary/aromatic N) is 1. The Kier molecular flexibility index (Phi) is 3.11. The molecule has 2 amide bonds. The van der Waals surface area contributed by atoms with Gasteiger partial charge in [-0.25, -0.2) is 4.79 Å². The van der Waals surface area contributed by atoms with Crippen LogP contribution in [0.15, 0.2) is 23.1 Å². The minimum absolute atomic E-state index is 0.0581. The Morgan fingerprint density at radius 1 is 1.50 bits per heavy atom. The molecule has 1 unspecified atom stereocenters. The standard InChI is InChI=1S/C8H7N2O4PS/c11-8-9-16-7-3-5(4-15(13)14)1-2-6(7)10(8)12/h1-3,12H,4H2,(H-,9,11,13,14)/p+1. The SMILES string of the molecule is O=C1NSc2cc(C[P+](=O)O)ccc2N1O. The van der Waals surface area contributed by atoms with Crippen LogP contribution >= 0.6 is 20.0 Å². The van der Waals surface area contributed by atoms with Gasteiger partial charge >= 0.3 is 14.1 Å². The van der Waals surface area contributed by atoms with E-state index in [-0.39, 0.29) is 6.16 Å². The number of hydrogen-bond acceptors (Lipinski definition) is 4. The molecule has 0 saturated carbocycles. The summed E-state index contributed by atoms with van der Waals surface area (Å²) in [7, 11) is -2.23. The minimum atomic E-state index is -2.23. The third kappa shape index (κ3) is 2.17. The first-order valence-corrected chi connectivity index (χ1v) is 6.51. The molecule has 16 heavy (non-hydrogen) atoms. The van der Waals surface area contributed by atoms with Crippen LogP contribution < -0.4 is 9.79 Å². The van der Waals surface area contributed by atoms with Gasteiger partial charge in [-0.1, -0.05) is 6.07 Å². The van der Waals surface area contributed by atoms with E-state index >= 15 is 0 Å². The Morgan fingerprint density at radius 2 is 2.25 bits per heavy atom. The van der Waals surface area contributed by atoms with Crippen LogP contribution in [-0.2, 0) is 10.7 Å². The maximum atomic E-state index is 11.1. The topological polar surface area (TPSA) is 89.9 Å². The Hall–Kier alpha value is -1.14. The van der Waals surface area contributed by atoms with Crippen molar-refractivity contribution in [3.8, 4) is 0 Å². The highest BCUT2D eigenvalue weighted by Crippen LogP contribution is 2.34. The Labute approximate surface area is 96.2 Å². The lowest BCUT2D eigenvalue weighted by Crippen LogP contribution is -2.37. The Bertz CT molecular complexity index is 467. The first kappa shape index (κ1) is 11.3. The number of rotatable bonds is 2. The molecule has 8 heteroatoms. The van der Waals surface area contributed by atoms with Gasteiger partial charge in [0.2, 0.25) is 6.16 Å². The number of nitrogens with one attached hydrogen (secondary N) is 1. The molecular weight excluding hydrogens is 251 g/mol.